The lowest BCUT2D eigenvalue weighted by atomic mass is 10.1. The highest BCUT2D eigenvalue weighted by atomic mass is 35.5. The second kappa shape index (κ2) is 4.32. The molecule has 0 bridgehead atoms. The highest BCUT2D eigenvalue weighted by Crippen LogP contribution is 2.44. The lowest BCUT2D eigenvalue weighted by Crippen LogP contribution is -2.32. The summed E-state index contributed by atoms with van der Waals surface area (Å²) in [5.74, 6) is 1.72. The third kappa shape index (κ3) is 1.74. The Morgan fingerprint density at radius 1 is 1.25 bits per heavy atom. The first-order valence-electron chi connectivity index (χ1n) is 6.64. The van der Waals surface area contributed by atoms with Gasteiger partial charge in [-0.15, -0.1) is 0 Å². The average molecular weight is 288 g/mol. The highest BCUT2D eigenvalue weighted by Gasteiger charge is 2.38. The molecule has 1 aliphatic heterocycles. The molecule has 4 rings (SSSR count). The maximum atomic E-state index is 6.16. The summed E-state index contributed by atoms with van der Waals surface area (Å²) in [6.07, 6.45) is 0.990. The molecule has 4 heteroatoms. The van der Waals surface area contributed by atoms with Crippen LogP contribution >= 0.6 is 11.6 Å². The third-order valence-corrected chi connectivity index (χ3v) is 4.24. The zero-order valence-electron chi connectivity index (χ0n) is 11.0. The number of fused-ring (bicyclic) bond motifs is 4. The molecule has 20 heavy (non-hydrogen) atoms. The lowest BCUT2D eigenvalue weighted by Gasteiger charge is -2.31. The monoisotopic (exact) mass is 287 g/mol. The molecule has 0 aromatic heterocycles. The molecule has 2 atom stereocenters. The van der Waals surface area contributed by atoms with Gasteiger partial charge in [-0.1, -0.05) is 17.7 Å². The molecule has 102 valence electrons. The molecule has 0 radical (unpaired) electrons. The molecule has 1 N–H and O–H groups in total. The quantitative estimate of drug-likeness (QED) is 0.865. The Labute approximate surface area is 122 Å². The van der Waals surface area contributed by atoms with Crippen LogP contribution in [-0.4, -0.2) is 13.2 Å². The van der Waals surface area contributed by atoms with Gasteiger partial charge in [-0.2, -0.15) is 0 Å². The first-order chi connectivity index (χ1) is 9.74. The van der Waals surface area contributed by atoms with E-state index >= 15 is 0 Å². The summed E-state index contributed by atoms with van der Waals surface area (Å²) >= 11 is 6.04. The van der Waals surface area contributed by atoms with Crippen molar-refractivity contribution in [2.75, 3.05) is 12.4 Å². The molecule has 2 unspecified atom stereocenters. The maximum absolute atomic E-state index is 6.16. The first-order valence-corrected chi connectivity index (χ1v) is 7.02. The van der Waals surface area contributed by atoms with Crippen molar-refractivity contribution in [1.29, 1.82) is 0 Å². The van der Waals surface area contributed by atoms with E-state index in [4.69, 9.17) is 21.1 Å². The fourth-order valence-electron chi connectivity index (χ4n) is 3.04. The van der Waals surface area contributed by atoms with E-state index in [-0.39, 0.29) is 12.1 Å². The summed E-state index contributed by atoms with van der Waals surface area (Å²) in [5.41, 5.74) is 3.49. The van der Waals surface area contributed by atoms with Crippen molar-refractivity contribution < 1.29 is 9.47 Å². The van der Waals surface area contributed by atoms with Crippen LogP contribution in [0.15, 0.2) is 36.4 Å². The summed E-state index contributed by atoms with van der Waals surface area (Å²) in [5, 5.41) is 4.25. The van der Waals surface area contributed by atoms with Crippen molar-refractivity contribution in [3.63, 3.8) is 0 Å². The van der Waals surface area contributed by atoms with Crippen molar-refractivity contribution in [2.24, 2.45) is 0 Å². The van der Waals surface area contributed by atoms with E-state index in [0.29, 0.717) is 0 Å². The normalized spacial score (nSPS) is 22.1. The van der Waals surface area contributed by atoms with E-state index < -0.39 is 0 Å². The van der Waals surface area contributed by atoms with Crippen molar-refractivity contribution >= 4 is 17.3 Å². The predicted molar refractivity (Wildman–Crippen MR) is 78.9 cm³/mol. The molecule has 1 aliphatic carbocycles. The highest BCUT2D eigenvalue weighted by molar-refractivity contribution is 6.30. The van der Waals surface area contributed by atoms with Crippen LogP contribution < -0.4 is 14.8 Å². The number of hydrogen-bond acceptors (Lipinski definition) is 3. The van der Waals surface area contributed by atoms with E-state index in [2.05, 4.69) is 17.4 Å². The van der Waals surface area contributed by atoms with Gasteiger partial charge in [0.25, 0.3) is 0 Å². The number of nitrogens with one attached hydrogen (secondary N) is 1. The number of ether oxygens (including phenoxy) is 2. The van der Waals surface area contributed by atoms with Gasteiger partial charge in [-0.3, -0.25) is 0 Å². The number of anilines is 1. The van der Waals surface area contributed by atoms with Gasteiger partial charge in [0.05, 0.1) is 18.8 Å². The van der Waals surface area contributed by atoms with Crippen molar-refractivity contribution in [1.82, 2.24) is 0 Å². The average Bonchev–Trinajstić information content (AvgIpc) is 2.81. The molecule has 0 amide bonds. The Morgan fingerprint density at radius 3 is 3.00 bits per heavy atom. The van der Waals surface area contributed by atoms with Gasteiger partial charge in [0.1, 0.15) is 17.6 Å². The molecule has 2 aromatic rings. The zero-order chi connectivity index (χ0) is 13.7. The SMILES string of the molecule is COc1ccc2c(c1)C1Oc3ccc(Cl)cc3NC1C2. The van der Waals surface area contributed by atoms with Crippen LogP contribution in [0.2, 0.25) is 5.02 Å². The van der Waals surface area contributed by atoms with Crippen LogP contribution in [0.25, 0.3) is 0 Å². The number of hydrogen-bond donors (Lipinski definition) is 1. The fourth-order valence-corrected chi connectivity index (χ4v) is 3.21. The summed E-state index contributed by atoms with van der Waals surface area (Å²) < 4.78 is 11.5. The van der Waals surface area contributed by atoms with E-state index in [1.165, 1.54) is 11.1 Å². The largest absolute Gasteiger partial charge is 0.497 e. The summed E-state index contributed by atoms with van der Waals surface area (Å²) in [6, 6.07) is 12.1. The number of rotatable bonds is 1. The number of halogens is 1. The van der Waals surface area contributed by atoms with Gasteiger partial charge in [0, 0.05) is 10.6 Å². The molecular weight excluding hydrogens is 274 g/mol. The fraction of sp³-hybridized carbons (Fsp3) is 0.250. The molecule has 0 saturated carbocycles. The smallest absolute Gasteiger partial charge is 0.145 e. The second-order valence-electron chi connectivity index (χ2n) is 5.20. The van der Waals surface area contributed by atoms with Gasteiger partial charge >= 0.3 is 0 Å². The molecular formula is C16H14ClNO2. The molecule has 3 nitrogen and oxygen atoms in total. The van der Waals surface area contributed by atoms with Gasteiger partial charge < -0.3 is 14.8 Å². The van der Waals surface area contributed by atoms with Crippen LogP contribution in [-0.2, 0) is 6.42 Å². The summed E-state index contributed by atoms with van der Waals surface area (Å²) in [4.78, 5) is 0. The summed E-state index contributed by atoms with van der Waals surface area (Å²) in [6.45, 7) is 0. The standard InChI is InChI=1S/C16H14ClNO2/c1-19-11-4-2-9-6-14-16(12(9)8-11)20-15-5-3-10(17)7-13(15)18-14/h2-5,7-8,14,16,18H,6H2,1H3. The van der Waals surface area contributed by atoms with Crippen molar-refractivity contribution in [2.45, 2.75) is 18.6 Å². The minimum absolute atomic E-state index is 0.0359. The van der Waals surface area contributed by atoms with Crippen LogP contribution in [0.4, 0.5) is 5.69 Å². The molecule has 2 aliphatic rings. The van der Waals surface area contributed by atoms with Crippen LogP contribution in [0.5, 0.6) is 11.5 Å². The van der Waals surface area contributed by atoms with E-state index in [1.54, 1.807) is 7.11 Å². The van der Waals surface area contributed by atoms with Crippen LogP contribution in [0.1, 0.15) is 17.2 Å². The maximum Gasteiger partial charge on any atom is 0.145 e. The van der Waals surface area contributed by atoms with E-state index in [1.807, 2.05) is 24.3 Å². The van der Waals surface area contributed by atoms with Gasteiger partial charge in [-0.25, -0.2) is 0 Å². The van der Waals surface area contributed by atoms with Crippen LogP contribution in [0, 0.1) is 0 Å². The van der Waals surface area contributed by atoms with Crippen molar-refractivity contribution in [3.8, 4) is 11.5 Å². The Morgan fingerprint density at radius 2 is 2.15 bits per heavy atom. The van der Waals surface area contributed by atoms with Gasteiger partial charge in [-0.05, 0) is 42.3 Å². The van der Waals surface area contributed by atoms with E-state index in [9.17, 15) is 0 Å². The molecule has 2 aromatic carbocycles. The third-order valence-electron chi connectivity index (χ3n) is 4.00. The molecule has 0 saturated heterocycles. The molecule has 1 heterocycles. The van der Waals surface area contributed by atoms with Crippen molar-refractivity contribution in [3.05, 3.63) is 52.5 Å². The Balaban J connectivity index is 1.74. The van der Waals surface area contributed by atoms with Gasteiger partial charge in [0.15, 0.2) is 0 Å². The minimum atomic E-state index is 0.0359. The lowest BCUT2D eigenvalue weighted by molar-refractivity contribution is 0.183. The topological polar surface area (TPSA) is 30.5 Å². The Kier molecular flexibility index (Phi) is 2.57. The van der Waals surface area contributed by atoms with Gasteiger partial charge in [0.2, 0.25) is 0 Å². The zero-order valence-corrected chi connectivity index (χ0v) is 11.8. The Hall–Kier alpha value is -1.87. The molecule has 0 fully saturated rings. The van der Waals surface area contributed by atoms with E-state index in [0.717, 1.165) is 28.6 Å². The van der Waals surface area contributed by atoms with Crippen LogP contribution in [0.3, 0.4) is 0 Å². The minimum Gasteiger partial charge on any atom is -0.497 e. The number of benzene rings is 2. The predicted octanol–water partition coefficient (Wildman–Crippen LogP) is 3.82. The molecule has 0 spiro atoms. The summed E-state index contributed by atoms with van der Waals surface area (Å²) in [7, 11) is 1.69. The second-order valence-corrected chi connectivity index (χ2v) is 5.64. The number of methoxy groups -OCH3 is 1. The Bertz CT molecular complexity index is 686. The first kappa shape index (κ1) is 11.9.